The van der Waals surface area contributed by atoms with Gasteiger partial charge in [0.25, 0.3) is 11.8 Å². The van der Waals surface area contributed by atoms with Crippen molar-refractivity contribution in [3.05, 3.63) is 22.7 Å². The van der Waals surface area contributed by atoms with Crippen molar-refractivity contribution in [2.45, 2.75) is 19.2 Å². The lowest BCUT2D eigenvalue weighted by Crippen LogP contribution is -2.45. The predicted molar refractivity (Wildman–Crippen MR) is 86.3 cm³/mol. The number of hydrogen-bond acceptors (Lipinski definition) is 7. The van der Waals surface area contributed by atoms with Gasteiger partial charge in [-0.3, -0.25) is 19.9 Å². The number of hydrazone groups is 1. The first kappa shape index (κ1) is 21.4. The number of hydrazine groups is 2. The number of halogens is 6. The number of ether oxygens (including phenoxy) is 1. The first-order valence-corrected chi connectivity index (χ1v) is 7.58. The maximum absolute atomic E-state index is 13.1. The van der Waals surface area contributed by atoms with Crippen LogP contribution < -0.4 is 26.4 Å². The highest BCUT2D eigenvalue weighted by atomic mass is 35.5. The van der Waals surface area contributed by atoms with Crippen LogP contribution in [0.15, 0.2) is 17.2 Å². The number of carbonyl (C=O) groups is 2. The van der Waals surface area contributed by atoms with Gasteiger partial charge in [0.2, 0.25) is 5.96 Å². The number of amides is 2. The smallest absolute Gasteiger partial charge is 0.404 e. The van der Waals surface area contributed by atoms with Crippen LogP contribution in [0, 0.1) is 0 Å². The highest BCUT2D eigenvalue weighted by Crippen LogP contribution is 2.39. The second-order valence-corrected chi connectivity index (χ2v) is 5.74. The summed E-state index contributed by atoms with van der Waals surface area (Å²) in [5, 5.41) is 7.95. The van der Waals surface area contributed by atoms with Crippen molar-refractivity contribution < 1.29 is 36.3 Å². The van der Waals surface area contributed by atoms with Crippen LogP contribution in [0.25, 0.3) is 0 Å². The standard InChI is InChI=1S/C13H12ClF5N6O3/c1-12(15,16)10(27)20-8-6(28-13(17,18)19)4-3-5(7(8)14)9(26)21-11-22-23-24-25(11)2/h3-4,23-24H,1-2H3,(H,20,27)(H,21,22,26). The average Bonchev–Trinajstić information content (AvgIpc) is 2.93. The fourth-order valence-electron chi connectivity index (χ4n) is 1.84. The lowest BCUT2D eigenvalue weighted by molar-refractivity contribution is -0.274. The SMILES string of the molecule is CN1NNN=C1NC(=O)c1ccc(OC(F)(F)F)c(NC(=O)C(C)(F)F)c1Cl. The molecule has 0 aromatic heterocycles. The molecule has 1 aromatic carbocycles. The Hall–Kier alpha value is -2.87. The van der Waals surface area contributed by atoms with Gasteiger partial charge in [0.15, 0.2) is 5.75 Å². The van der Waals surface area contributed by atoms with Gasteiger partial charge in [0, 0.05) is 14.0 Å². The highest BCUT2D eigenvalue weighted by molar-refractivity contribution is 6.37. The van der Waals surface area contributed by atoms with Gasteiger partial charge in [-0.25, -0.2) is 5.53 Å². The first-order chi connectivity index (χ1) is 12.8. The molecule has 0 bridgehead atoms. The molecule has 0 radical (unpaired) electrons. The molecule has 0 spiro atoms. The van der Waals surface area contributed by atoms with Crippen LogP contribution in [0.4, 0.5) is 27.6 Å². The van der Waals surface area contributed by atoms with E-state index in [-0.39, 0.29) is 12.9 Å². The van der Waals surface area contributed by atoms with Crippen LogP contribution in [-0.2, 0) is 4.79 Å². The molecule has 1 aromatic rings. The Kier molecular flexibility index (Phi) is 5.84. The van der Waals surface area contributed by atoms with Crippen molar-refractivity contribution in [1.82, 2.24) is 21.4 Å². The van der Waals surface area contributed by atoms with E-state index in [1.807, 2.05) is 0 Å². The van der Waals surface area contributed by atoms with Crippen molar-refractivity contribution in [1.29, 1.82) is 0 Å². The minimum atomic E-state index is -5.21. The Morgan fingerprint density at radius 3 is 2.36 bits per heavy atom. The number of hydrogen-bond donors (Lipinski definition) is 4. The number of alkyl halides is 5. The van der Waals surface area contributed by atoms with E-state index < -0.39 is 46.1 Å². The van der Waals surface area contributed by atoms with Crippen LogP contribution >= 0.6 is 11.6 Å². The maximum atomic E-state index is 13.1. The van der Waals surface area contributed by atoms with E-state index in [1.165, 1.54) is 12.1 Å². The minimum absolute atomic E-state index is 0.0256. The molecule has 2 rings (SSSR count). The van der Waals surface area contributed by atoms with Crippen molar-refractivity contribution >= 4 is 35.1 Å². The fraction of sp³-hybridized carbons (Fsp3) is 0.308. The summed E-state index contributed by atoms with van der Waals surface area (Å²) in [5.41, 5.74) is 3.41. The number of anilines is 1. The highest BCUT2D eigenvalue weighted by Gasteiger charge is 2.37. The normalized spacial score (nSPS) is 14.3. The summed E-state index contributed by atoms with van der Waals surface area (Å²) < 4.78 is 67.6. The third-order valence-electron chi connectivity index (χ3n) is 3.13. The molecule has 0 saturated heterocycles. The van der Waals surface area contributed by atoms with E-state index in [9.17, 15) is 31.5 Å². The van der Waals surface area contributed by atoms with Crippen molar-refractivity contribution in [2.75, 3.05) is 12.4 Å². The van der Waals surface area contributed by atoms with Gasteiger partial charge in [-0.2, -0.15) is 8.78 Å². The van der Waals surface area contributed by atoms with Crippen molar-refractivity contribution in [3.8, 4) is 5.75 Å². The third-order valence-corrected chi connectivity index (χ3v) is 3.53. The molecule has 28 heavy (non-hydrogen) atoms. The molecule has 1 heterocycles. The van der Waals surface area contributed by atoms with Crippen LogP contribution in [-0.4, -0.2) is 42.1 Å². The van der Waals surface area contributed by atoms with Gasteiger partial charge in [0.05, 0.1) is 10.6 Å². The van der Waals surface area contributed by atoms with E-state index in [1.54, 1.807) is 5.32 Å². The number of nitrogens with one attached hydrogen (secondary N) is 4. The van der Waals surface area contributed by atoms with Crippen LogP contribution in [0.3, 0.4) is 0 Å². The zero-order valence-electron chi connectivity index (χ0n) is 14.0. The monoisotopic (exact) mass is 430 g/mol. The van der Waals surface area contributed by atoms with Gasteiger partial charge in [-0.05, 0) is 12.1 Å². The second kappa shape index (κ2) is 7.63. The molecule has 1 aliphatic rings. The minimum Gasteiger partial charge on any atom is -0.404 e. The quantitative estimate of drug-likeness (QED) is 0.543. The largest absolute Gasteiger partial charge is 0.573 e. The Balaban J connectivity index is 2.41. The van der Waals surface area contributed by atoms with Crippen molar-refractivity contribution in [3.63, 3.8) is 0 Å². The number of nitrogens with zero attached hydrogens (tertiary/aromatic N) is 2. The number of benzene rings is 1. The first-order valence-electron chi connectivity index (χ1n) is 7.20. The lowest BCUT2D eigenvalue weighted by atomic mass is 10.1. The molecule has 4 N–H and O–H groups in total. The molecule has 0 saturated carbocycles. The van der Waals surface area contributed by atoms with Gasteiger partial charge in [-0.15, -0.1) is 23.8 Å². The molecule has 2 amide bonds. The van der Waals surface area contributed by atoms with Gasteiger partial charge in [-0.1, -0.05) is 11.6 Å². The average molecular weight is 431 g/mol. The van der Waals surface area contributed by atoms with E-state index in [0.717, 1.165) is 6.07 Å². The Bertz CT molecular complexity index is 826. The summed E-state index contributed by atoms with van der Waals surface area (Å²) in [6, 6.07) is 1.50. The molecule has 0 fully saturated rings. The molecule has 9 nitrogen and oxygen atoms in total. The van der Waals surface area contributed by atoms with Gasteiger partial charge >= 0.3 is 12.3 Å². The van der Waals surface area contributed by atoms with Crippen LogP contribution in [0.2, 0.25) is 5.02 Å². The molecule has 0 unspecified atom stereocenters. The Labute approximate surface area is 158 Å². The summed E-state index contributed by atoms with van der Waals surface area (Å²) in [4.78, 5) is 23.8. The zero-order valence-corrected chi connectivity index (χ0v) is 14.8. The summed E-state index contributed by atoms with van der Waals surface area (Å²) in [7, 11) is 1.47. The molecule has 0 atom stereocenters. The van der Waals surface area contributed by atoms with E-state index in [4.69, 9.17) is 11.6 Å². The lowest BCUT2D eigenvalue weighted by Gasteiger charge is -2.19. The summed E-state index contributed by atoms with van der Waals surface area (Å²) in [6.45, 7) is 0.227. The number of guanidine groups is 1. The second-order valence-electron chi connectivity index (χ2n) is 5.36. The molecular weight excluding hydrogens is 419 g/mol. The van der Waals surface area contributed by atoms with Gasteiger partial charge < -0.3 is 10.1 Å². The van der Waals surface area contributed by atoms with E-state index in [2.05, 4.69) is 26.2 Å². The molecule has 154 valence electrons. The molecule has 1 aliphatic heterocycles. The summed E-state index contributed by atoms with van der Waals surface area (Å²) in [5.74, 6) is -7.94. The summed E-state index contributed by atoms with van der Waals surface area (Å²) in [6.07, 6.45) is -5.21. The molecule has 0 aliphatic carbocycles. The van der Waals surface area contributed by atoms with E-state index in [0.29, 0.717) is 6.07 Å². The summed E-state index contributed by atoms with van der Waals surface area (Å²) >= 11 is 5.90. The topological polar surface area (TPSA) is 107 Å². The van der Waals surface area contributed by atoms with Crippen LogP contribution in [0.5, 0.6) is 5.75 Å². The van der Waals surface area contributed by atoms with Crippen molar-refractivity contribution in [2.24, 2.45) is 5.10 Å². The molecule has 15 heteroatoms. The Morgan fingerprint density at radius 1 is 1.21 bits per heavy atom. The third kappa shape index (κ3) is 5.10. The Morgan fingerprint density at radius 2 is 1.86 bits per heavy atom. The van der Waals surface area contributed by atoms with E-state index >= 15 is 0 Å². The zero-order chi connectivity index (χ0) is 21.3. The van der Waals surface area contributed by atoms with Crippen LogP contribution in [0.1, 0.15) is 17.3 Å². The number of rotatable bonds is 4. The number of carbonyl (C=O) groups excluding carboxylic acids is 2. The maximum Gasteiger partial charge on any atom is 0.573 e. The molecular formula is C13H12ClF5N6O3. The van der Waals surface area contributed by atoms with Gasteiger partial charge in [0.1, 0.15) is 5.69 Å². The fourth-order valence-corrected chi connectivity index (χ4v) is 2.13. The predicted octanol–water partition coefficient (Wildman–Crippen LogP) is 1.79.